The van der Waals surface area contributed by atoms with E-state index in [1.165, 1.54) is 73.4 Å². The number of hydrogen-bond donors (Lipinski definition) is 0. The molecule has 3 rings (SSSR count). The minimum absolute atomic E-state index is 0.0620. The Bertz CT molecular complexity index is 1570. The van der Waals surface area contributed by atoms with E-state index in [1.54, 1.807) is 0 Å². The highest BCUT2D eigenvalue weighted by Crippen LogP contribution is 2.35. The van der Waals surface area contributed by atoms with Crippen molar-refractivity contribution < 1.29 is 35.8 Å². The Morgan fingerprint density at radius 3 is 1.14 bits per heavy atom. The van der Waals surface area contributed by atoms with E-state index in [0.717, 1.165) is 0 Å². The summed E-state index contributed by atoms with van der Waals surface area (Å²) in [5, 5.41) is 21.5. The highest BCUT2D eigenvalue weighted by atomic mass is 32.2. The first-order valence-electron chi connectivity index (χ1n) is 12.9. The maximum Gasteiger partial charge on any atom is 0.243 e. The monoisotopic (exact) mass is 618 g/mol. The molecule has 0 bridgehead atoms. The molecule has 0 amide bonds. The molecule has 0 aliphatic heterocycles. The molecule has 226 valence electrons. The fourth-order valence-electron chi connectivity index (χ4n) is 4.52. The Labute approximate surface area is 246 Å². The van der Waals surface area contributed by atoms with Crippen LogP contribution in [0.2, 0.25) is 0 Å². The van der Waals surface area contributed by atoms with Gasteiger partial charge in [0.1, 0.15) is 12.1 Å². The summed E-state index contributed by atoms with van der Waals surface area (Å²) in [6.07, 6.45) is 0. The first kappa shape index (κ1) is 33.3. The summed E-state index contributed by atoms with van der Waals surface area (Å²) in [4.78, 5) is -0.124. The maximum atomic E-state index is 13.6. The van der Waals surface area contributed by atoms with Crippen LogP contribution in [0.4, 0.5) is 0 Å². The van der Waals surface area contributed by atoms with Crippen molar-refractivity contribution in [3.05, 3.63) is 47.5 Å². The molecule has 0 N–H and O–H groups in total. The summed E-state index contributed by atoms with van der Waals surface area (Å²) in [6, 6.07) is 12.7. The van der Waals surface area contributed by atoms with Crippen molar-refractivity contribution in [1.82, 2.24) is 8.61 Å². The zero-order chi connectivity index (χ0) is 30.9. The van der Waals surface area contributed by atoms with Crippen molar-refractivity contribution in [3.8, 4) is 12.1 Å². The van der Waals surface area contributed by atoms with Gasteiger partial charge in [-0.1, -0.05) is 12.1 Å². The van der Waals surface area contributed by atoms with Crippen LogP contribution in [0, 0.1) is 22.7 Å². The van der Waals surface area contributed by atoms with Crippen LogP contribution in [0.25, 0.3) is 21.5 Å². The van der Waals surface area contributed by atoms with Crippen molar-refractivity contribution >= 4 is 41.6 Å². The first-order valence-corrected chi connectivity index (χ1v) is 15.8. The number of hydrogen-bond acceptors (Lipinski definition) is 10. The van der Waals surface area contributed by atoms with Gasteiger partial charge in [0.2, 0.25) is 20.0 Å². The van der Waals surface area contributed by atoms with Crippen LogP contribution in [0.15, 0.2) is 46.2 Å². The number of ether oxygens (including phenoxy) is 4. The Balaban J connectivity index is 2.23. The molecular formula is C28H34N4O8S2. The third-order valence-electron chi connectivity index (χ3n) is 6.74. The second-order valence-electron chi connectivity index (χ2n) is 9.17. The normalized spacial score (nSPS) is 12.3. The van der Waals surface area contributed by atoms with Crippen molar-refractivity contribution in [2.24, 2.45) is 0 Å². The molecule has 0 saturated carbocycles. The van der Waals surface area contributed by atoms with Crippen LogP contribution < -0.4 is 0 Å². The van der Waals surface area contributed by atoms with E-state index >= 15 is 0 Å². The molecule has 0 aliphatic carbocycles. The lowest BCUT2D eigenvalue weighted by atomic mass is 9.93. The Morgan fingerprint density at radius 2 is 0.881 bits per heavy atom. The Morgan fingerprint density at radius 1 is 0.571 bits per heavy atom. The molecular weight excluding hydrogens is 584 g/mol. The number of methoxy groups -OCH3 is 4. The molecule has 0 fully saturated rings. The van der Waals surface area contributed by atoms with Crippen molar-refractivity contribution in [2.75, 3.05) is 81.0 Å². The Kier molecular flexibility index (Phi) is 11.8. The fraction of sp³-hybridized carbons (Fsp3) is 0.429. The molecule has 0 saturated heterocycles. The van der Waals surface area contributed by atoms with Crippen LogP contribution in [-0.4, -0.2) is 106 Å². The molecule has 0 unspecified atom stereocenters. The number of benzene rings is 3. The molecule has 0 spiro atoms. The summed E-state index contributed by atoms with van der Waals surface area (Å²) in [5.41, 5.74) is 0.243. The van der Waals surface area contributed by atoms with E-state index in [9.17, 15) is 27.4 Å². The second-order valence-corrected chi connectivity index (χ2v) is 13.0. The second kappa shape index (κ2) is 14.8. The maximum absolute atomic E-state index is 13.6. The predicted octanol–water partition coefficient (Wildman–Crippen LogP) is 2.30. The van der Waals surface area contributed by atoms with E-state index < -0.39 is 20.0 Å². The standard InChI is InChI=1S/C28H34N4O8S2/c1-37-13-9-31(10-14-38-2)41(33,34)21-5-7-23-25(17-21)27(19-29)24-8-6-22(18-26(24)28(23)20-30)42(35,36)32(11-15-39-3)12-16-40-4/h5-8,17-18H,9-16H2,1-4H3. The van der Waals surface area contributed by atoms with Crippen LogP contribution in [0.3, 0.4) is 0 Å². The van der Waals surface area contributed by atoms with Crippen LogP contribution >= 0.6 is 0 Å². The van der Waals surface area contributed by atoms with E-state index in [1.807, 2.05) is 0 Å². The van der Waals surface area contributed by atoms with Crippen molar-refractivity contribution in [3.63, 3.8) is 0 Å². The molecule has 3 aromatic carbocycles. The van der Waals surface area contributed by atoms with Gasteiger partial charge in [0.15, 0.2) is 0 Å². The van der Waals surface area contributed by atoms with Gasteiger partial charge in [-0.3, -0.25) is 0 Å². The summed E-state index contributed by atoms with van der Waals surface area (Å²) < 4.78 is 77.0. The highest BCUT2D eigenvalue weighted by molar-refractivity contribution is 7.89. The average molecular weight is 619 g/mol. The quantitative estimate of drug-likeness (QED) is 0.218. The topological polar surface area (TPSA) is 159 Å². The number of nitriles is 2. The van der Waals surface area contributed by atoms with Crippen LogP contribution in [0.1, 0.15) is 11.1 Å². The highest BCUT2D eigenvalue weighted by Gasteiger charge is 2.28. The molecule has 0 aromatic heterocycles. The molecule has 14 heteroatoms. The molecule has 42 heavy (non-hydrogen) atoms. The zero-order valence-electron chi connectivity index (χ0n) is 24.0. The minimum atomic E-state index is -4.01. The third-order valence-corrected chi connectivity index (χ3v) is 10.5. The molecule has 3 aromatic rings. The van der Waals surface area contributed by atoms with Crippen molar-refractivity contribution in [1.29, 1.82) is 10.5 Å². The fourth-order valence-corrected chi connectivity index (χ4v) is 7.39. The summed E-state index contributed by atoms with van der Waals surface area (Å²) in [5.74, 6) is 0. The number of fused-ring (bicyclic) bond motifs is 2. The van der Waals surface area contributed by atoms with Crippen molar-refractivity contribution in [2.45, 2.75) is 9.79 Å². The van der Waals surface area contributed by atoms with E-state index in [4.69, 9.17) is 18.9 Å². The lowest BCUT2D eigenvalue weighted by molar-refractivity contribution is 0.150. The molecule has 0 heterocycles. The largest absolute Gasteiger partial charge is 0.383 e. The number of rotatable bonds is 16. The van der Waals surface area contributed by atoms with Gasteiger partial charge in [0.05, 0.1) is 47.3 Å². The SMILES string of the molecule is COCCN(CCOC)S(=O)(=O)c1ccc2c(C#N)c3cc(S(=O)(=O)N(CCOC)CCOC)ccc3c(C#N)c2c1. The van der Waals surface area contributed by atoms with Crippen LogP contribution in [-0.2, 0) is 39.0 Å². The summed E-state index contributed by atoms with van der Waals surface area (Å²) >= 11 is 0. The van der Waals surface area contributed by atoms with Crippen LogP contribution in [0.5, 0.6) is 0 Å². The molecule has 12 nitrogen and oxygen atoms in total. The third kappa shape index (κ3) is 6.89. The van der Waals surface area contributed by atoms with Gasteiger partial charge in [-0.25, -0.2) is 16.8 Å². The van der Waals surface area contributed by atoms with Gasteiger partial charge >= 0.3 is 0 Å². The minimum Gasteiger partial charge on any atom is -0.383 e. The zero-order valence-corrected chi connectivity index (χ0v) is 25.6. The lowest BCUT2D eigenvalue weighted by Gasteiger charge is -2.22. The summed E-state index contributed by atoms with van der Waals surface area (Å²) in [7, 11) is -2.14. The first-order chi connectivity index (χ1) is 20.1. The van der Waals surface area contributed by atoms with Gasteiger partial charge in [-0.2, -0.15) is 19.1 Å². The van der Waals surface area contributed by atoms with Gasteiger partial charge in [-0.05, 0) is 24.3 Å². The van der Waals surface area contributed by atoms with E-state index in [0.29, 0.717) is 10.8 Å². The Hall–Kier alpha value is -3.18. The van der Waals surface area contributed by atoms with Gasteiger partial charge < -0.3 is 18.9 Å². The van der Waals surface area contributed by atoms with E-state index in [2.05, 4.69) is 12.1 Å². The summed E-state index contributed by atoms with van der Waals surface area (Å²) in [6.45, 7) is 1.05. The molecule has 0 aliphatic rings. The van der Waals surface area contributed by atoms with Gasteiger partial charge in [0.25, 0.3) is 0 Å². The molecule has 0 atom stereocenters. The van der Waals surface area contributed by atoms with E-state index in [-0.39, 0.29) is 84.3 Å². The predicted molar refractivity (Wildman–Crippen MR) is 156 cm³/mol. The smallest absolute Gasteiger partial charge is 0.243 e. The lowest BCUT2D eigenvalue weighted by Crippen LogP contribution is -2.36. The number of sulfonamides is 2. The van der Waals surface area contributed by atoms with Gasteiger partial charge in [-0.15, -0.1) is 0 Å². The number of nitrogens with zero attached hydrogens (tertiary/aromatic N) is 4. The molecule has 0 radical (unpaired) electrons. The average Bonchev–Trinajstić information content (AvgIpc) is 2.99. The van der Waals surface area contributed by atoms with Gasteiger partial charge in [0, 0.05) is 76.2 Å².